The summed E-state index contributed by atoms with van der Waals surface area (Å²) in [5.74, 6) is 0.954. The molecule has 0 amide bonds. The number of nitrogens with one attached hydrogen (secondary N) is 1. The zero-order chi connectivity index (χ0) is 12.1. The highest BCUT2D eigenvalue weighted by Gasteiger charge is 2.00. The molecule has 1 heterocycles. The molecule has 2 aromatic rings. The van der Waals surface area contributed by atoms with E-state index in [0.29, 0.717) is 0 Å². The lowest BCUT2D eigenvalue weighted by molar-refractivity contribution is 0.790. The van der Waals surface area contributed by atoms with E-state index in [0.717, 1.165) is 28.2 Å². The highest BCUT2D eigenvalue weighted by molar-refractivity contribution is 7.99. The second-order valence-corrected chi connectivity index (χ2v) is 5.05. The minimum atomic E-state index is 0.759. The second-order valence-electron chi connectivity index (χ2n) is 3.58. The number of imidazole rings is 1. The molecule has 0 saturated carbocycles. The Morgan fingerprint density at radius 2 is 2.24 bits per heavy atom. The van der Waals surface area contributed by atoms with Crippen LogP contribution in [0.5, 0.6) is 0 Å². The number of aromatic nitrogens is 2. The van der Waals surface area contributed by atoms with Crippen molar-refractivity contribution >= 4 is 29.1 Å². The summed E-state index contributed by atoms with van der Waals surface area (Å²) in [5.41, 5.74) is 0.981. The van der Waals surface area contributed by atoms with Crippen LogP contribution in [0.3, 0.4) is 0 Å². The van der Waals surface area contributed by atoms with Gasteiger partial charge < -0.3 is 9.88 Å². The van der Waals surface area contributed by atoms with Crippen molar-refractivity contribution in [1.82, 2.24) is 9.55 Å². The fourth-order valence-corrected chi connectivity index (χ4v) is 2.41. The van der Waals surface area contributed by atoms with Crippen molar-refractivity contribution in [2.45, 2.75) is 5.16 Å². The minimum Gasteiger partial charge on any atom is -0.383 e. The van der Waals surface area contributed by atoms with Crippen LogP contribution in [0.2, 0.25) is 5.02 Å². The van der Waals surface area contributed by atoms with E-state index in [1.807, 2.05) is 48.3 Å². The molecule has 0 spiro atoms. The van der Waals surface area contributed by atoms with Crippen molar-refractivity contribution < 1.29 is 0 Å². The second kappa shape index (κ2) is 5.98. The van der Waals surface area contributed by atoms with E-state index < -0.39 is 0 Å². The summed E-state index contributed by atoms with van der Waals surface area (Å²) in [6.45, 7) is 0.862. The van der Waals surface area contributed by atoms with Gasteiger partial charge in [0.25, 0.3) is 0 Å². The first kappa shape index (κ1) is 12.3. The molecule has 0 unspecified atom stereocenters. The lowest BCUT2D eigenvalue weighted by Crippen LogP contribution is -2.05. The number of nitrogens with zero attached hydrogens (tertiary/aromatic N) is 2. The largest absolute Gasteiger partial charge is 0.383 e. The average Bonchev–Trinajstić information content (AvgIpc) is 2.73. The molecule has 0 aliphatic heterocycles. The standard InChI is InChI=1S/C12H14ClN3S/c1-16-8-6-15-12(16)17-9-7-14-11-5-3-2-4-10(11)13/h2-6,8,14H,7,9H2,1H3. The van der Waals surface area contributed by atoms with Gasteiger partial charge in [0.2, 0.25) is 0 Å². The number of rotatable bonds is 5. The van der Waals surface area contributed by atoms with Crippen molar-refractivity contribution in [3.63, 3.8) is 0 Å². The Labute approximate surface area is 110 Å². The Morgan fingerprint density at radius 1 is 1.41 bits per heavy atom. The number of thioether (sulfide) groups is 1. The lowest BCUT2D eigenvalue weighted by Gasteiger charge is -2.07. The molecular weight excluding hydrogens is 254 g/mol. The molecule has 0 atom stereocenters. The summed E-state index contributed by atoms with van der Waals surface area (Å²) in [6, 6.07) is 7.76. The topological polar surface area (TPSA) is 29.9 Å². The predicted octanol–water partition coefficient (Wildman–Crippen LogP) is 3.28. The molecule has 0 radical (unpaired) electrons. The molecule has 90 valence electrons. The fourth-order valence-electron chi connectivity index (χ4n) is 1.42. The number of para-hydroxylation sites is 1. The van der Waals surface area contributed by atoms with Crippen LogP contribution in [0, 0.1) is 0 Å². The molecule has 0 aliphatic rings. The fraction of sp³-hybridized carbons (Fsp3) is 0.250. The van der Waals surface area contributed by atoms with Crippen molar-refractivity contribution in [2.75, 3.05) is 17.6 Å². The number of aryl methyl sites for hydroxylation is 1. The van der Waals surface area contributed by atoms with Crippen LogP contribution in [0.1, 0.15) is 0 Å². The molecule has 0 aliphatic carbocycles. The van der Waals surface area contributed by atoms with E-state index in [4.69, 9.17) is 11.6 Å². The van der Waals surface area contributed by atoms with Gasteiger partial charge in [-0.3, -0.25) is 0 Å². The molecular formula is C12H14ClN3S. The molecule has 1 aromatic heterocycles. The van der Waals surface area contributed by atoms with Crippen LogP contribution in [0.4, 0.5) is 5.69 Å². The quantitative estimate of drug-likeness (QED) is 0.666. The zero-order valence-corrected chi connectivity index (χ0v) is 11.1. The van der Waals surface area contributed by atoms with Crippen LogP contribution >= 0.6 is 23.4 Å². The van der Waals surface area contributed by atoms with E-state index in [2.05, 4.69) is 10.3 Å². The number of halogens is 1. The zero-order valence-electron chi connectivity index (χ0n) is 9.56. The first-order chi connectivity index (χ1) is 8.27. The van der Waals surface area contributed by atoms with Gasteiger partial charge in [0.1, 0.15) is 0 Å². The highest BCUT2D eigenvalue weighted by atomic mass is 35.5. The molecule has 0 fully saturated rings. The normalized spacial score (nSPS) is 10.5. The third kappa shape index (κ3) is 3.41. The van der Waals surface area contributed by atoms with E-state index in [1.165, 1.54) is 0 Å². The Hall–Kier alpha value is -1.13. The van der Waals surface area contributed by atoms with Gasteiger partial charge in [-0.1, -0.05) is 35.5 Å². The maximum Gasteiger partial charge on any atom is 0.167 e. The van der Waals surface area contributed by atoms with Gasteiger partial charge in [0, 0.05) is 31.7 Å². The molecule has 1 aromatic carbocycles. The van der Waals surface area contributed by atoms with Gasteiger partial charge in [-0.25, -0.2) is 4.98 Å². The predicted molar refractivity (Wildman–Crippen MR) is 73.9 cm³/mol. The Balaban J connectivity index is 1.77. The molecule has 0 saturated heterocycles. The Kier molecular flexibility index (Phi) is 4.34. The van der Waals surface area contributed by atoms with Crippen LogP contribution in [-0.4, -0.2) is 21.8 Å². The lowest BCUT2D eigenvalue weighted by atomic mass is 10.3. The maximum atomic E-state index is 6.04. The van der Waals surface area contributed by atoms with Crippen molar-refractivity contribution in [3.05, 3.63) is 41.7 Å². The monoisotopic (exact) mass is 267 g/mol. The molecule has 17 heavy (non-hydrogen) atoms. The number of anilines is 1. The number of benzene rings is 1. The van der Waals surface area contributed by atoms with Gasteiger partial charge in [0.05, 0.1) is 10.7 Å². The Bertz CT molecular complexity index is 484. The third-order valence-corrected chi connectivity index (χ3v) is 3.69. The molecule has 0 bridgehead atoms. The van der Waals surface area contributed by atoms with Gasteiger partial charge in [-0.2, -0.15) is 0 Å². The van der Waals surface area contributed by atoms with Gasteiger partial charge in [-0.15, -0.1) is 0 Å². The van der Waals surface area contributed by atoms with Gasteiger partial charge in [-0.05, 0) is 12.1 Å². The van der Waals surface area contributed by atoms with Crippen LogP contribution in [0.25, 0.3) is 0 Å². The van der Waals surface area contributed by atoms with Gasteiger partial charge in [0.15, 0.2) is 5.16 Å². The first-order valence-corrected chi connectivity index (χ1v) is 6.72. The molecule has 5 heteroatoms. The van der Waals surface area contributed by atoms with E-state index in [-0.39, 0.29) is 0 Å². The maximum absolute atomic E-state index is 6.04. The average molecular weight is 268 g/mol. The van der Waals surface area contributed by atoms with Crippen LogP contribution in [-0.2, 0) is 7.05 Å². The SMILES string of the molecule is Cn1ccnc1SCCNc1ccccc1Cl. The minimum absolute atomic E-state index is 0.759. The van der Waals surface area contributed by atoms with Gasteiger partial charge >= 0.3 is 0 Å². The molecule has 3 nitrogen and oxygen atoms in total. The van der Waals surface area contributed by atoms with E-state index >= 15 is 0 Å². The van der Waals surface area contributed by atoms with E-state index in [9.17, 15) is 0 Å². The highest BCUT2D eigenvalue weighted by Crippen LogP contribution is 2.21. The summed E-state index contributed by atoms with van der Waals surface area (Å²) in [6.07, 6.45) is 3.76. The number of hydrogen-bond donors (Lipinski definition) is 1. The number of hydrogen-bond acceptors (Lipinski definition) is 3. The summed E-state index contributed by atoms with van der Waals surface area (Å²) in [7, 11) is 2.00. The Morgan fingerprint density at radius 3 is 2.94 bits per heavy atom. The summed E-state index contributed by atoms with van der Waals surface area (Å²) >= 11 is 7.77. The summed E-state index contributed by atoms with van der Waals surface area (Å²) in [5, 5.41) is 5.10. The van der Waals surface area contributed by atoms with Crippen molar-refractivity contribution in [1.29, 1.82) is 0 Å². The first-order valence-electron chi connectivity index (χ1n) is 5.36. The summed E-state index contributed by atoms with van der Waals surface area (Å²) in [4.78, 5) is 4.25. The molecule has 2 rings (SSSR count). The smallest absolute Gasteiger partial charge is 0.167 e. The van der Waals surface area contributed by atoms with Crippen molar-refractivity contribution in [3.8, 4) is 0 Å². The van der Waals surface area contributed by atoms with E-state index in [1.54, 1.807) is 11.8 Å². The van der Waals surface area contributed by atoms with Crippen molar-refractivity contribution in [2.24, 2.45) is 7.05 Å². The molecule has 1 N–H and O–H groups in total. The third-order valence-electron chi connectivity index (χ3n) is 2.30. The van der Waals surface area contributed by atoms with Crippen LogP contribution < -0.4 is 5.32 Å². The van der Waals surface area contributed by atoms with Crippen LogP contribution in [0.15, 0.2) is 41.8 Å². The summed E-state index contributed by atoms with van der Waals surface area (Å²) < 4.78 is 2.01.